The molecule has 2 amide bonds. The van der Waals surface area contributed by atoms with Crippen LogP contribution in [0, 0.1) is 0 Å². The molecule has 31 heavy (non-hydrogen) atoms. The lowest BCUT2D eigenvalue weighted by Crippen LogP contribution is -2.43. The second-order valence-corrected chi connectivity index (χ2v) is 7.73. The van der Waals surface area contributed by atoms with Crippen LogP contribution in [0.1, 0.15) is 67.2 Å². The van der Waals surface area contributed by atoms with Crippen molar-refractivity contribution in [3.05, 3.63) is 35.4 Å². The van der Waals surface area contributed by atoms with Crippen LogP contribution in [0.4, 0.5) is 0 Å². The Hall–Kier alpha value is -1.68. The summed E-state index contributed by atoms with van der Waals surface area (Å²) in [5, 5.41) is 6.76. The summed E-state index contributed by atoms with van der Waals surface area (Å²) in [5.74, 6) is 0.435. The maximum atomic E-state index is 12.4. The molecule has 2 N–H and O–H groups in total. The SMILES string of the molecule is CCN(CC)CCCC(C)NC(=NC)NCCCCN1C(=O)c2ccccc2C1=O.I. The second-order valence-electron chi connectivity index (χ2n) is 7.73. The fourth-order valence-corrected chi connectivity index (χ4v) is 3.71. The van der Waals surface area contributed by atoms with E-state index in [1.54, 1.807) is 31.3 Å². The predicted octanol–water partition coefficient (Wildman–Crippen LogP) is 3.36. The van der Waals surface area contributed by atoms with E-state index >= 15 is 0 Å². The summed E-state index contributed by atoms with van der Waals surface area (Å²) in [4.78, 5) is 32.8. The molecule has 1 aromatic rings. The standard InChI is InChI=1S/C23H37N5O2.HI/c1-5-27(6-2)16-11-12-18(3)26-23(24-4)25-15-9-10-17-28-21(29)19-13-7-8-14-20(19)22(28)30;/h7-8,13-14,18H,5-6,9-12,15-17H2,1-4H3,(H2,24,25,26);1H. The van der Waals surface area contributed by atoms with Gasteiger partial charge < -0.3 is 15.5 Å². The maximum Gasteiger partial charge on any atom is 0.261 e. The quantitative estimate of drug-likeness (QED) is 0.139. The Morgan fingerprint density at radius 3 is 2.23 bits per heavy atom. The topological polar surface area (TPSA) is 77.0 Å². The summed E-state index contributed by atoms with van der Waals surface area (Å²) in [5.41, 5.74) is 1.03. The fourth-order valence-electron chi connectivity index (χ4n) is 3.71. The van der Waals surface area contributed by atoms with Crippen molar-refractivity contribution in [1.82, 2.24) is 20.4 Å². The number of unbranched alkanes of at least 4 members (excludes halogenated alkanes) is 1. The van der Waals surface area contributed by atoms with Crippen LogP contribution in [0.3, 0.4) is 0 Å². The van der Waals surface area contributed by atoms with Crippen LogP contribution in [0.25, 0.3) is 0 Å². The molecule has 2 rings (SSSR count). The van der Waals surface area contributed by atoms with Gasteiger partial charge in [0.05, 0.1) is 11.1 Å². The largest absolute Gasteiger partial charge is 0.356 e. The highest BCUT2D eigenvalue weighted by atomic mass is 127. The van der Waals surface area contributed by atoms with E-state index in [9.17, 15) is 9.59 Å². The summed E-state index contributed by atoms with van der Waals surface area (Å²) in [6, 6.07) is 7.37. The van der Waals surface area contributed by atoms with E-state index in [2.05, 4.69) is 41.3 Å². The van der Waals surface area contributed by atoms with Crippen molar-refractivity contribution in [2.45, 2.75) is 52.5 Å². The van der Waals surface area contributed by atoms with Gasteiger partial charge in [-0.25, -0.2) is 0 Å². The minimum Gasteiger partial charge on any atom is -0.356 e. The number of amides is 2. The highest BCUT2D eigenvalue weighted by molar-refractivity contribution is 14.0. The Balaban J connectivity index is 0.00000480. The molecule has 0 spiro atoms. The number of aliphatic imine (C=N–C) groups is 1. The summed E-state index contributed by atoms with van der Waals surface area (Å²) in [7, 11) is 1.77. The van der Waals surface area contributed by atoms with E-state index in [0.717, 1.165) is 57.8 Å². The molecule has 1 aliphatic heterocycles. The van der Waals surface area contributed by atoms with Crippen molar-refractivity contribution in [1.29, 1.82) is 0 Å². The molecule has 1 aliphatic rings. The molecule has 1 unspecified atom stereocenters. The third kappa shape index (κ3) is 8.07. The number of fused-ring (bicyclic) bond motifs is 1. The highest BCUT2D eigenvalue weighted by Crippen LogP contribution is 2.22. The normalized spacial score (nSPS) is 14.5. The average Bonchev–Trinajstić information content (AvgIpc) is 3.00. The average molecular weight is 543 g/mol. The van der Waals surface area contributed by atoms with Gasteiger partial charge in [0.1, 0.15) is 0 Å². The Kier molecular flexibility index (Phi) is 12.7. The van der Waals surface area contributed by atoms with Gasteiger partial charge in [-0.1, -0.05) is 26.0 Å². The third-order valence-electron chi connectivity index (χ3n) is 5.59. The number of imide groups is 1. The molecule has 1 atom stereocenters. The molecule has 0 bridgehead atoms. The molecular formula is C23H38IN5O2. The number of nitrogens with one attached hydrogen (secondary N) is 2. The Bertz CT molecular complexity index is 701. The summed E-state index contributed by atoms with van der Waals surface area (Å²) < 4.78 is 0. The predicted molar refractivity (Wildman–Crippen MR) is 137 cm³/mol. The van der Waals surface area contributed by atoms with E-state index in [1.807, 2.05) is 0 Å². The molecule has 0 saturated carbocycles. The molecule has 0 saturated heterocycles. The van der Waals surface area contributed by atoms with Gasteiger partial charge in [0.2, 0.25) is 0 Å². The maximum absolute atomic E-state index is 12.4. The molecule has 0 radical (unpaired) electrons. The summed E-state index contributed by atoms with van der Waals surface area (Å²) in [6.45, 7) is 11.1. The van der Waals surface area contributed by atoms with E-state index in [0.29, 0.717) is 23.7 Å². The van der Waals surface area contributed by atoms with E-state index < -0.39 is 0 Å². The summed E-state index contributed by atoms with van der Waals surface area (Å²) in [6.07, 6.45) is 3.86. The van der Waals surface area contributed by atoms with Crippen LogP contribution in [0.2, 0.25) is 0 Å². The van der Waals surface area contributed by atoms with Crippen molar-refractivity contribution >= 4 is 41.8 Å². The fraction of sp³-hybridized carbons (Fsp3) is 0.609. The molecule has 8 heteroatoms. The molecule has 1 heterocycles. The summed E-state index contributed by atoms with van der Waals surface area (Å²) >= 11 is 0. The number of guanidine groups is 1. The minimum atomic E-state index is -0.181. The third-order valence-corrected chi connectivity index (χ3v) is 5.59. The van der Waals surface area contributed by atoms with E-state index in [1.165, 1.54) is 4.90 Å². The number of carbonyl (C=O) groups excluding carboxylic acids is 2. The van der Waals surface area contributed by atoms with Crippen molar-refractivity contribution in [2.24, 2.45) is 4.99 Å². The molecule has 7 nitrogen and oxygen atoms in total. The van der Waals surface area contributed by atoms with Crippen molar-refractivity contribution < 1.29 is 9.59 Å². The van der Waals surface area contributed by atoms with Crippen molar-refractivity contribution in [3.8, 4) is 0 Å². The van der Waals surface area contributed by atoms with Crippen LogP contribution in [-0.4, -0.2) is 73.4 Å². The van der Waals surface area contributed by atoms with Gasteiger partial charge in [-0.2, -0.15) is 0 Å². The lowest BCUT2D eigenvalue weighted by Gasteiger charge is -2.21. The van der Waals surface area contributed by atoms with Crippen LogP contribution >= 0.6 is 24.0 Å². The zero-order valence-electron chi connectivity index (χ0n) is 19.3. The lowest BCUT2D eigenvalue weighted by atomic mass is 10.1. The van der Waals surface area contributed by atoms with Crippen LogP contribution in [0.5, 0.6) is 0 Å². The number of carbonyl (C=O) groups is 2. The van der Waals surface area contributed by atoms with Crippen LogP contribution in [-0.2, 0) is 0 Å². The first kappa shape index (κ1) is 27.4. The van der Waals surface area contributed by atoms with Crippen molar-refractivity contribution in [2.75, 3.05) is 39.8 Å². The van der Waals surface area contributed by atoms with Gasteiger partial charge in [-0.05, 0) is 64.4 Å². The first-order chi connectivity index (χ1) is 14.5. The first-order valence-electron chi connectivity index (χ1n) is 11.2. The zero-order chi connectivity index (χ0) is 21.9. The molecule has 0 fully saturated rings. The number of halogens is 1. The monoisotopic (exact) mass is 543 g/mol. The number of rotatable bonds is 12. The first-order valence-corrected chi connectivity index (χ1v) is 11.2. The van der Waals surface area contributed by atoms with Crippen LogP contribution < -0.4 is 10.6 Å². The van der Waals surface area contributed by atoms with Crippen LogP contribution in [0.15, 0.2) is 29.3 Å². The Morgan fingerprint density at radius 2 is 1.68 bits per heavy atom. The Labute approximate surface area is 204 Å². The molecule has 174 valence electrons. The highest BCUT2D eigenvalue weighted by Gasteiger charge is 2.34. The van der Waals surface area contributed by atoms with Gasteiger partial charge in [0.15, 0.2) is 5.96 Å². The lowest BCUT2D eigenvalue weighted by molar-refractivity contribution is 0.0652. The number of hydrogen-bond acceptors (Lipinski definition) is 4. The number of nitrogens with zero attached hydrogens (tertiary/aromatic N) is 3. The number of hydrogen-bond donors (Lipinski definition) is 2. The number of benzene rings is 1. The Morgan fingerprint density at radius 1 is 1.06 bits per heavy atom. The molecule has 0 aromatic heterocycles. The second kappa shape index (κ2) is 14.4. The molecular weight excluding hydrogens is 505 g/mol. The van der Waals surface area contributed by atoms with Gasteiger partial charge in [0, 0.05) is 26.2 Å². The molecule has 1 aromatic carbocycles. The smallest absolute Gasteiger partial charge is 0.261 e. The minimum absolute atomic E-state index is 0. The van der Waals surface area contributed by atoms with E-state index in [-0.39, 0.29) is 35.8 Å². The van der Waals surface area contributed by atoms with Gasteiger partial charge in [-0.3, -0.25) is 19.5 Å². The van der Waals surface area contributed by atoms with Gasteiger partial charge >= 0.3 is 0 Å². The molecule has 0 aliphatic carbocycles. The van der Waals surface area contributed by atoms with Crippen molar-refractivity contribution in [3.63, 3.8) is 0 Å². The van der Waals surface area contributed by atoms with Gasteiger partial charge in [-0.15, -0.1) is 24.0 Å². The van der Waals surface area contributed by atoms with E-state index in [4.69, 9.17) is 0 Å². The zero-order valence-corrected chi connectivity index (χ0v) is 21.6. The van der Waals surface area contributed by atoms with Gasteiger partial charge in [0.25, 0.3) is 11.8 Å².